The van der Waals surface area contributed by atoms with Crippen LogP contribution in [0.15, 0.2) is 55.6 Å². The van der Waals surface area contributed by atoms with Gasteiger partial charge in [-0.05, 0) is 12.0 Å². The van der Waals surface area contributed by atoms with Gasteiger partial charge in [-0.25, -0.2) is 0 Å². The predicted octanol–water partition coefficient (Wildman–Crippen LogP) is 3.11. The van der Waals surface area contributed by atoms with Gasteiger partial charge in [0.1, 0.15) is 0 Å². The normalized spacial score (nSPS) is 7.31. The highest BCUT2D eigenvalue weighted by Crippen LogP contribution is 1.98. The van der Waals surface area contributed by atoms with E-state index in [1.807, 2.05) is 24.3 Å². The van der Waals surface area contributed by atoms with E-state index in [9.17, 15) is 0 Å². The van der Waals surface area contributed by atoms with Gasteiger partial charge in [0.2, 0.25) is 0 Å². The van der Waals surface area contributed by atoms with E-state index in [1.54, 1.807) is 6.07 Å². The highest BCUT2D eigenvalue weighted by Gasteiger charge is 1.82. The molecule has 0 aliphatic carbocycles. The van der Waals surface area contributed by atoms with E-state index in [1.165, 1.54) is 11.6 Å². The fraction of sp³-hybridized carbons (Fsp3) is 0.0833. The van der Waals surface area contributed by atoms with Crippen LogP contribution in [0.2, 0.25) is 0 Å². The maximum Gasteiger partial charge on any atom is 0.0905 e. The van der Waals surface area contributed by atoms with Crippen molar-refractivity contribution in [3.63, 3.8) is 0 Å². The molecule has 0 aliphatic rings. The second kappa shape index (κ2) is 8.29. The molecule has 13 heavy (non-hydrogen) atoms. The third kappa shape index (κ3) is 6.58. The molecule has 0 bridgehead atoms. The van der Waals surface area contributed by atoms with Crippen molar-refractivity contribution in [3.8, 4) is 6.07 Å². The van der Waals surface area contributed by atoms with Crippen LogP contribution >= 0.6 is 0 Å². The zero-order chi connectivity index (χ0) is 9.94. The smallest absolute Gasteiger partial charge is 0.0905 e. The van der Waals surface area contributed by atoms with Gasteiger partial charge in [-0.15, -0.1) is 6.58 Å². The van der Waals surface area contributed by atoms with E-state index in [0.29, 0.717) is 0 Å². The second-order valence-corrected chi connectivity index (χ2v) is 2.31. The van der Waals surface area contributed by atoms with Gasteiger partial charge in [-0.2, -0.15) is 5.26 Å². The first-order valence-electron chi connectivity index (χ1n) is 4.00. The summed E-state index contributed by atoms with van der Waals surface area (Å²) in [6.45, 7) is 6.77. The van der Waals surface area contributed by atoms with Crippen molar-refractivity contribution in [2.75, 3.05) is 0 Å². The number of nitriles is 1. The lowest BCUT2D eigenvalue weighted by molar-refractivity contribution is 1.28. The van der Waals surface area contributed by atoms with Crippen molar-refractivity contribution in [1.82, 2.24) is 0 Å². The molecule has 66 valence electrons. The van der Waals surface area contributed by atoms with Crippen LogP contribution < -0.4 is 0 Å². The third-order valence-electron chi connectivity index (χ3n) is 1.31. The summed E-state index contributed by atoms with van der Waals surface area (Å²) >= 11 is 0. The monoisotopic (exact) mass is 171 g/mol. The average molecular weight is 171 g/mol. The fourth-order valence-electron chi connectivity index (χ4n) is 0.781. The Hall–Kier alpha value is -1.81. The zero-order valence-corrected chi connectivity index (χ0v) is 7.61. The summed E-state index contributed by atoms with van der Waals surface area (Å²) in [4.78, 5) is 0. The van der Waals surface area contributed by atoms with Gasteiger partial charge in [0, 0.05) is 6.08 Å². The molecule has 1 aromatic rings. The number of hydrogen-bond acceptors (Lipinski definition) is 1. The highest BCUT2D eigenvalue weighted by atomic mass is 14.2. The Labute approximate surface area is 79.6 Å². The van der Waals surface area contributed by atoms with E-state index in [4.69, 9.17) is 5.26 Å². The SMILES string of the molecule is C=CC#N.C=CCc1ccccc1. The van der Waals surface area contributed by atoms with Crippen LogP contribution in [0.25, 0.3) is 0 Å². The highest BCUT2D eigenvalue weighted by molar-refractivity contribution is 5.16. The van der Waals surface area contributed by atoms with Crippen molar-refractivity contribution in [2.24, 2.45) is 0 Å². The first kappa shape index (κ1) is 11.2. The van der Waals surface area contributed by atoms with Crippen LogP contribution in [0.3, 0.4) is 0 Å². The summed E-state index contributed by atoms with van der Waals surface area (Å²) in [5.74, 6) is 0. The van der Waals surface area contributed by atoms with Crippen molar-refractivity contribution in [3.05, 3.63) is 61.2 Å². The molecule has 0 unspecified atom stereocenters. The summed E-state index contributed by atoms with van der Waals surface area (Å²) < 4.78 is 0. The van der Waals surface area contributed by atoms with E-state index in [0.717, 1.165) is 6.42 Å². The number of rotatable bonds is 2. The summed E-state index contributed by atoms with van der Waals surface area (Å²) in [7, 11) is 0. The largest absolute Gasteiger partial charge is 0.193 e. The Bertz CT molecular complexity index is 280. The van der Waals surface area contributed by atoms with Crippen LogP contribution in [0.1, 0.15) is 5.56 Å². The van der Waals surface area contributed by atoms with E-state index >= 15 is 0 Å². The molecule has 0 heterocycles. The van der Waals surface area contributed by atoms with Gasteiger partial charge in [0.05, 0.1) is 6.07 Å². The Kier molecular flexibility index (Phi) is 7.13. The number of allylic oxidation sites excluding steroid dienone is 2. The van der Waals surface area contributed by atoms with Crippen LogP contribution in [0.5, 0.6) is 0 Å². The second-order valence-electron chi connectivity index (χ2n) is 2.31. The van der Waals surface area contributed by atoms with Crippen molar-refractivity contribution < 1.29 is 0 Å². The summed E-state index contributed by atoms with van der Waals surface area (Å²) in [5.41, 5.74) is 1.33. The molecule has 0 radical (unpaired) electrons. The molecule has 1 aromatic carbocycles. The lowest BCUT2D eigenvalue weighted by Gasteiger charge is -1.91. The minimum atomic E-state index is 0.973. The van der Waals surface area contributed by atoms with E-state index < -0.39 is 0 Å². The Morgan fingerprint density at radius 1 is 1.23 bits per heavy atom. The first-order chi connectivity index (χ1) is 6.35. The number of hydrogen-bond donors (Lipinski definition) is 0. The fourth-order valence-corrected chi connectivity index (χ4v) is 0.781. The van der Waals surface area contributed by atoms with Gasteiger partial charge < -0.3 is 0 Å². The molecule has 0 fully saturated rings. The lowest BCUT2D eigenvalue weighted by Crippen LogP contribution is -1.75. The molecule has 1 heteroatoms. The lowest BCUT2D eigenvalue weighted by atomic mass is 10.2. The van der Waals surface area contributed by atoms with Crippen molar-refractivity contribution in [2.45, 2.75) is 6.42 Å². The molecule has 0 aliphatic heterocycles. The summed E-state index contributed by atoms with van der Waals surface area (Å²) in [6.07, 6.45) is 4.07. The van der Waals surface area contributed by atoms with E-state index in [-0.39, 0.29) is 0 Å². The van der Waals surface area contributed by atoms with Gasteiger partial charge in [-0.3, -0.25) is 0 Å². The zero-order valence-electron chi connectivity index (χ0n) is 7.61. The molecule has 1 nitrogen and oxygen atoms in total. The Morgan fingerprint density at radius 2 is 1.77 bits per heavy atom. The van der Waals surface area contributed by atoms with Gasteiger partial charge >= 0.3 is 0 Å². The molecule has 1 rings (SSSR count). The van der Waals surface area contributed by atoms with Crippen molar-refractivity contribution >= 4 is 0 Å². The minimum absolute atomic E-state index is 0.973. The van der Waals surface area contributed by atoms with Gasteiger partial charge in [-0.1, -0.05) is 43.0 Å². The van der Waals surface area contributed by atoms with Crippen LogP contribution in [-0.4, -0.2) is 0 Å². The van der Waals surface area contributed by atoms with Gasteiger partial charge in [0.15, 0.2) is 0 Å². The van der Waals surface area contributed by atoms with E-state index in [2.05, 4.69) is 25.3 Å². The maximum absolute atomic E-state index is 7.51. The van der Waals surface area contributed by atoms with Crippen LogP contribution in [0.4, 0.5) is 0 Å². The minimum Gasteiger partial charge on any atom is -0.193 e. The van der Waals surface area contributed by atoms with Crippen LogP contribution in [0, 0.1) is 11.3 Å². The topological polar surface area (TPSA) is 23.8 Å². The first-order valence-corrected chi connectivity index (χ1v) is 4.00. The molecule has 0 aromatic heterocycles. The molecule has 0 saturated heterocycles. The molecular weight excluding hydrogens is 158 g/mol. The predicted molar refractivity (Wildman–Crippen MR) is 56.2 cm³/mol. The average Bonchev–Trinajstić information content (AvgIpc) is 2.20. The standard InChI is InChI=1S/C9H10.C3H3N/c1-2-6-9-7-4-3-5-8-9;1-2-3-4/h2-5,7-8H,1,6H2;2H,1H2. The number of benzene rings is 1. The quantitative estimate of drug-likeness (QED) is 0.495. The summed E-state index contributed by atoms with van der Waals surface area (Å²) in [5, 5.41) is 7.51. The Morgan fingerprint density at radius 3 is 2.15 bits per heavy atom. The van der Waals surface area contributed by atoms with Crippen LogP contribution in [-0.2, 0) is 6.42 Å². The molecule has 0 amide bonds. The molecular formula is C12H13N. The molecule has 0 spiro atoms. The van der Waals surface area contributed by atoms with Crippen molar-refractivity contribution in [1.29, 1.82) is 5.26 Å². The molecule has 0 atom stereocenters. The molecule has 0 saturated carbocycles. The van der Waals surface area contributed by atoms with Gasteiger partial charge in [0.25, 0.3) is 0 Å². The number of nitrogens with zero attached hydrogens (tertiary/aromatic N) is 1. The third-order valence-corrected chi connectivity index (χ3v) is 1.31. The molecule has 0 N–H and O–H groups in total. The summed E-state index contributed by atoms with van der Waals surface area (Å²) in [6, 6.07) is 12.0. The maximum atomic E-state index is 7.51. The Balaban J connectivity index is 0.000000310.